The lowest BCUT2D eigenvalue weighted by Crippen LogP contribution is -2.31. The van der Waals surface area contributed by atoms with Crippen molar-refractivity contribution < 1.29 is 18.3 Å². The predicted molar refractivity (Wildman–Crippen MR) is 78.3 cm³/mol. The summed E-state index contributed by atoms with van der Waals surface area (Å²) in [5, 5.41) is 5.98. The van der Waals surface area contributed by atoms with Crippen molar-refractivity contribution in [3.63, 3.8) is 0 Å². The molecule has 0 saturated carbocycles. The minimum Gasteiger partial charge on any atom is -0.434 e. The van der Waals surface area contributed by atoms with Gasteiger partial charge >= 0.3 is 6.61 Å². The molecule has 116 valence electrons. The van der Waals surface area contributed by atoms with E-state index in [1.807, 2.05) is 0 Å². The number of hydrogen-bond donors (Lipinski definition) is 2. The minimum absolute atomic E-state index is 0.0764. The zero-order valence-electron chi connectivity index (χ0n) is 11.4. The van der Waals surface area contributed by atoms with Gasteiger partial charge in [-0.05, 0) is 37.6 Å². The molecule has 2 N–H and O–H groups in total. The summed E-state index contributed by atoms with van der Waals surface area (Å²) < 4.78 is 29.9. The van der Waals surface area contributed by atoms with Crippen molar-refractivity contribution in [1.29, 1.82) is 0 Å². The largest absolute Gasteiger partial charge is 0.434 e. The Bertz CT molecular complexity index is 494. The molecule has 1 heterocycles. The molecule has 1 aromatic rings. The molecule has 0 aromatic heterocycles. The first-order valence-corrected chi connectivity index (χ1v) is 7.57. The van der Waals surface area contributed by atoms with Crippen molar-refractivity contribution in [2.45, 2.75) is 38.5 Å². The second-order valence-corrected chi connectivity index (χ2v) is 5.82. The van der Waals surface area contributed by atoms with Gasteiger partial charge in [0.25, 0.3) is 0 Å². The van der Waals surface area contributed by atoms with Gasteiger partial charge in [0, 0.05) is 29.0 Å². The van der Waals surface area contributed by atoms with E-state index in [1.165, 1.54) is 6.07 Å². The zero-order valence-corrected chi connectivity index (χ0v) is 13.0. The normalized spacial score (nSPS) is 18.0. The molecule has 7 heteroatoms. The van der Waals surface area contributed by atoms with Gasteiger partial charge in [0.05, 0.1) is 0 Å². The smallest absolute Gasteiger partial charge is 0.387 e. The molecule has 0 bridgehead atoms. The third-order valence-corrected chi connectivity index (χ3v) is 3.80. The van der Waals surface area contributed by atoms with Gasteiger partial charge in [0.2, 0.25) is 5.91 Å². The molecule has 21 heavy (non-hydrogen) atoms. The molecule has 1 aromatic carbocycles. The predicted octanol–water partition coefficient (Wildman–Crippen LogP) is 2.81. The fraction of sp³-hybridized carbons (Fsp3) is 0.500. The summed E-state index contributed by atoms with van der Waals surface area (Å²) in [7, 11) is 0. The molecule has 2 rings (SSSR count). The number of carbonyl (C=O) groups is 1. The van der Waals surface area contributed by atoms with Crippen LogP contribution in [0.3, 0.4) is 0 Å². The topological polar surface area (TPSA) is 50.4 Å². The van der Waals surface area contributed by atoms with Gasteiger partial charge in [-0.2, -0.15) is 8.78 Å². The highest BCUT2D eigenvalue weighted by Crippen LogP contribution is 2.24. The average molecular weight is 363 g/mol. The Hall–Kier alpha value is -1.21. The summed E-state index contributed by atoms with van der Waals surface area (Å²) in [4.78, 5) is 11.8. The van der Waals surface area contributed by atoms with Crippen molar-refractivity contribution >= 4 is 21.8 Å². The second kappa shape index (κ2) is 7.70. The van der Waals surface area contributed by atoms with E-state index in [4.69, 9.17) is 0 Å². The number of benzene rings is 1. The summed E-state index contributed by atoms with van der Waals surface area (Å²) >= 11 is 3.27. The molecular weight excluding hydrogens is 346 g/mol. The van der Waals surface area contributed by atoms with Crippen LogP contribution in [0.4, 0.5) is 8.78 Å². The lowest BCUT2D eigenvalue weighted by Gasteiger charge is -2.13. The highest BCUT2D eigenvalue weighted by atomic mass is 79.9. The fourth-order valence-corrected chi connectivity index (χ4v) is 2.73. The maximum absolute atomic E-state index is 12.3. The van der Waals surface area contributed by atoms with Crippen LogP contribution in [0.25, 0.3) is 0 Å². The first kappa shape index (κ1) is 16.2. The van der Waals surface area contributed by atoms with Crippen LogP contribution in [-0.4, -0.2) is 25.1 Å². The van der Waals surface area contributed by atoms with Crippen molar-refractivity contribution in [1.82, 2.24) is 10.6 Å². The molecular formula is C14H17BrF2N2O2. The number of nitrogens with one attached hydrogen (secondary N) is 2. The summed E-state index contributed by atoms with van der Waals surface area (Å²) in [5.41, 5.74) is 0.511. The molecule has 0 radical (unpaired) electrons. The fourth-order valence-electron chi connectivity index (χ4n) is 2.32. The summed E-state index contributed by atoms with van der Waals surface area (Å²) in [6, 6.07) is 4.94. The minimum atomic E-state index is -2.89. The molecule has 1 saturated heterocycles. The highest BCUT2D eigenvalue weighted by Gasteiger charge is 2.18. The average Bonchev–Trinajstić information content (AvgIpc) is 2.91. The number of amides is 1. The number of ether oxygens (including phenoxy) is 1. The van der Waals surface area contributed by atoms with Gasteiger partial charge in [-0.15, -0.1) is 0 Å². The van der Waals surface area contributed by atoms with Crippen molar-refractivity contribution in [3.8, 4) is 5.75 Å². The third kappa shape index (κ3) is 5.24. The van der Waals surface area contributed by atoms with Gasteiger partial charge in [0.15, 0.2) is 0 Å². The van der Waals surface area contributed by atoms with Crippen molar-refractivity contribution in [3.05, 3.63) is 28.2 Å². The summed E-state index contributed by atoms with van der Waals surface area (Å²) in [5.74, 6) is -0.0233. The van der Waals surface area contributed by atoms with E-state index in [0.29, 0.717) is 12.0 Å². The van der Waals surface area contributed by atoms with E-state index in [1.54, 1.807) is 12.1 Å². The van der Waals surface area contributed by atoms with Gasteiger partial charge in [-0.3, -0.25) is 4.79 Å². The lowest BCUT2D eigenvalue weighted by atomic mass is 10.1. The molecule has 1 atom stereocenters. The van der Waals surface area contributed by atoms with Crippen LogP contribution in [0.15, 0.2) is 22.7 Å². The standard InChI is InChI=1S/C14H17BrF2N2O2/c15-10-3-4-12(21-14(16)17)9(6-10)8-19-13(20)7-11-2-1-5-18-11/h3-4,6,11,14,18H,1-2,5,7-8H2,(H,19,20). The van der Waals surface area contributed by atoms with Gasteiger partial charge in [-0.25, -0.2) is 0 Å². The summed E-state index contributed by atoms with van der Waals surface area (Å²) in [6.45, 7) is -1.79. The van der Waals surface area contributed by atoms with Crippen LogP contribution in [0.5, 0.6) is 5.75 Å². The zero-order chi connectivity index (χ0) is 15.2. The molecule has 1 amide bonds. The third-order valence-electron chi connectivity index (χ3n) is 3.31. The lowest BCUT2D eigenvalue weighted by molar-refractivity contribution is -0.121. The number of carbonyl (C=O) groups excluding carboxylic acids is 1. The quantitative estimate of drug-likeness (QED) is 0.817. The first-order valence-electron chi connectivity index (χ1n) is 6.78. The number of hydrogen-bond acceptors (Lipinski definition) is 3. The van der Waals surface area contributed by atoms with Gasteiger partial charge in [0.1, 0.15) is 5.75 Å². The Balaban J connectivity index is 1.91. The Morgan fingerprint density at radius 1 is 1.52 bits per heavy atom. The van der Waals surface area contributed by atoms with Crippen LogP contribution in [0, 0.1) is 0 Å². The maximum atomic E-state index is 12.3. The molecule has 0 spiro atoms. The van der Waals surface area contributed by atoms with E-state index in [9.17, 15) is 13.6 Å². The SMILES string of the molecule is O=C(CC1CCCN1)NCc1cc(Br)ccc1OC(F)F. The van der Waals surface area contributed by atoms with E-state index in [2.05, 4.69) is 31.3 Å². The van der Waals surface area contributed by atoms with Crippen LogP contribution in [0.1, 0.15) is 24.8 Å². The molecule has 0 aliphatic carbocycles. The van der Waals surface area contributed by atoms with Gasteiger partial charge in [-0.1, -0.05) is 15.9 Å². The van der Waals surface area contributed by atoms with E-state index >= 15 is 0 Å². The number of halogens is 3. The monoisotopic (exact) mass is 362 g/mol. The van der Waals surface area contributed by atoms with E-state index in [0.717, 1.165) is 23.9 Å². The van der Waals surface area contributed by atoms with E-state index < -0.39 is 6.61 Å². The second-order valence-electron chi connectivity index (χ2n) is 4.90. The Morgan fingerprint density at radius 3 is 3.00 bits per heavy atom. The van der Waals surface area contributed by atoms with Crippen molar-refractivity contribution in [2.75, 3.05) is 6.54 Å². The Labute approximate surface area is 130 Å². The Kier molecular flexibility index (Phi) is 5.93. The van der Waals surface area contributed by atoms with Gasteiger partial charge < -0.3 is 15.4 Å². The summed E-state index contributed by atoms with van der Waals surface area (Å²) in [6.07, 6.45) is 2.47. The molecule has 1 aliphatic rings. The number of rotatable bonds is 6. The highest BCUT2D eigenvalue weighted by molar-refractivity contribution is 9.10. The number of alkyl halides is 2. The van der Waals surface area contributed by atoms with Crippen LogP contribution in [0.2, 0.25) is 0 Å². The molecule has 1 unspecified atom stereocenters. The van der Waals surface area contributed by atoms with Crippen LogP contribution in [-0.2, 0) is 11.3 Å². The van der Waals surface area contributed by atoms with Crippen molar-refractivity contribution in [2.24, 2.45) is 0 Å². The Morgan fingerprint density at radius 2 is 2.33 bits per heavy atom. The first-order chi connectivity index (χ1) is 10.0. The van der Waals surface area contributed by atoms with Crippen LogP contribution >= 0.6 is 15.9 Å². The maximum Gasteiger partial charge on any atom is 0.387 e. The molecule has 4 nitrogen and oxygen atoms in total. The molecule has 1 fully saturated rings. The molecule has 1 aliphatic heterocycles. The van der Waals surface area contributed by atoms with E-state index in [-0.39, 0.29) is 24.2 Å². The van der Waals surface area contributed by atoms with Crippen LogP contribution < -0.4 is 15.4 Å².